The van der Waals surface area contributed by atoms with Crippen molar-refractivity contribution in [2.75, 3.05) is 26.0 Å². The van der Waals surface area contributed by atoms with Crippen molar-refractivity contribution in [3.63, 3.8) is 0 Å². The van der Waals surface area contributed by atoms with Crippen LogP contribution in [0.1, 0.15) is 25.7 Å². The number of nitrogens with zero attached hydrogens (tertiary/aromatic N) is 2. The normalized spacial score (nSPS) is 17.0. The van der Waals surface area contributed by atoms with Crippen molar-refractivity contribution in [2.24, 2.45) is 5.73 Å². The van der Waals surface area contributed by atoms with Crippen LogP contribution in [-0.2, 0) is 11.3 Å². The maximum absolute atomic E-state index is 12.5. The zero-order chi connectivity index (χ0) is 16.4. The van der Waals surface area contributed by atoms with Gasteiger partial charge < -0.3 is 20.5 Å². The van der Waals surface area contributed by atoms with E-state index in [1.54, 1.807) is 0 Å². The Bertz CT molecular complexity index is 698. The summed E-state index contributed by atoms with van der Waals surface area (Å²) in [4.78, 5) is 14.6. The van der Waals surface area contributed by atoms with E-state index in [0.29, 0.717) is 0 Å². The number of amides is 1. The Labute approximate surface area is 137 Å². The summed E-state index contributed by atoms with van der Waals surface area (Å²) in [6.45, 7) is 1.90. The van der Waals surface area contributed by atoms with Gasteiger partial charge in [-0.2, -0.15) is 0 Å². The minimum absolute atomic E-state index is 0.0549. The van der Waals surface area contributed by atoms with Crippen molar-refractivity contribution >= 4 is 22.5 Å². The molecule has 0 spiro atoms. The predicted molar refractivity (Wildman–Crippen MR) is 94.5 cm³/mol. The van der Waals surface area contributed by atoms with Crippen LogP contribution in [0.3, 0.4) is 0 Å². The number of carbonyl (C=O) groups excluding carboxylic acids is 1. The molecular formula is C18H26N4O. The molecule has 5 nitrogen and oxygen atoms in total. The van der Waals surface area contributed by atoms with E-state index >= 15 is 0 Å². The smallest absolute Gasteiger partial charge is 0.244 e. The van der Waals surface area contributed by atoms with Crippen LogP contribution in [0.2, 0.25) is 0 Å². The van der Waals surface area contributed by atoms with E-state index in [2.05, 4.69) is 47.2 Å². The summed E-state index contributed by atoms with van der Waals surface area (Å²) in [5.74, 6) is -0.0549. The molecule has 1 fully saturated rings. The van der Waals surface area contributed by atoms with Gasteiger partial charge in [0.05, 0.1) is 11.1 Å². The minimum atomic E-state index is -0.693. The van der Waals surface area contributed by atoms with Crippen LogP contribution < -0.4 is 11.1 Å². The van der Waals surface area contributed by atoms with Crippen LogP contribution >= 0.6 is 0 Å². The molecule has 23 heavy (non-hydrogen) atoms. The van der Waals surface area contributed by atoms with Crippen LogP contribution in [0, 0.1) is 0 Å². The van der Waals surface area contributed by atoms with Crippen LogP contribution in [0.5, 0.6) is 0 Å². The third-order valence-electron chi connectivity index (χ3n) is 4.77. The van der Waals surface area contributed by atoms with Crippen molar-refractivity contribution in [3.8, 4) is 0 Å². The van der Waals surface area contributed by atoms with E-state index in [0.717, 1.165) is 50.0 Å². The molecule has 1 aliphatic carbocycles. The summed E-state index contributed by atoms with van der Waals surface area (Å²) in [6, 6.07) is 8.16. The van der Waals surface area contributed by atoms with Crippen LogP contribution in [0.15, 0.2) is 30.5 Å². The highest BCUT2D eigenvalue weighted by atomic mass is 16.2. The first kappa shape index (κ1) is 16.0. The van der Waals surface area contributed by atoms with Gasteiger partial charge >= 0.3 is 0 Å². The van der Waals surface area contributed by atoms with Crippen molar-refractivity contribution in [2.45, 2.75) is 37.8 Å². The summed E-state index contributed by atoms with van der Waals surface area (Å²) >= 11 is 0. The first-order valence-electron chi connectivity index (χ1n) is 8.32. The Morgan fingerprint density at radius 3 is 2.74 bits per heavy atom. The quantitative estimate of drug-likeness (QED) is 0.891. The minimum Gasteiger partial charge on any atom is -0.346 e. The second-order valence-corrected chi connectivity index (χ2v) is 6.90. The molecular weight excluding hydrogens is 288 g/mol. The third-order valence-corrected chi connectivity index (χ3v) is 4.77. The molecule has 1 amide bonds. The molecule has 1 aromatic carbocycles. The topological polar surface area (TPSA) is 63.3 Å². The molecule has 1 aliphatic rings. The van der Waals surface area contributed by atoms with Gasteiger partial charge in [0.1, 0.15) is 0 Å². The first-order chi connectivity index (χ1) is 11.0. The molecule has 1 heterocycles. The van der Waals surface area contributed by atoms with E-state index in [9.17, 15) is 4.79 Å². The molecule has 5 heteroatoms. The van der Waals surface area contributed by atoms with Crippen LogP contribution in [-0.4, -0.2) is 41.6 Å². The number of anilines is 1. The Morgan fingerprint density at radius 1 is 1.30 bits per heavy atom. The van der Waals surface area contributed by atoms with Crippen molar-refractivity contribution in [3.05, 3.63) is 30.5 Å². The molecule has 124 valence electrons. The van der Waals surface area contributed by atoms with E-state index in [1.165, 1.54) is 5.39 Å². The number of likely N-dealkylation sites (N-methyl/N-ethyl adjacent to an activating group) is 1. The number of hydrogen-bond donors (Lipinski definition) is 2. The van der Waals surface area contributed by atoms with Gasteiger partial charge in [-0.05, 0) is 50.5 Å². The van der Waals surface area contributed by atoms with Gasteiger partial charge in [-0.15, -0.1) is 0 Å². The standard InChI is InChI=1S/C18H26N4O/c1-21(2)11-12-22-10-7-14-5-6-15(13-16(14)22)20-17(23)18(19)8-3-4-9-18/h5-7,10,13H,3-4,8-9,11-12,19H2,1-2H3,(H,20,23). The average Bonchev–Trinajstić information content (AvgIpc) is 3.12. The van der Waals surface area contributed by atoms with Gasteiger partial charge in [0.15, 0.2) is 0 Å². The van der Waals surface area contributed by atoms with Gasteiger partial charge in [0, 0.05) is 25.0 Å². The van der Waals surface area contributed by atoms with Gasteiger partial charge in [-0.1, -0.05) is 18.9 Å². The number of carbonyl (C=O) groups is 1. The molecule has 1 aromatic heterocycles. The number of benzene rings is 1. The molecule has 3 rings (SSSR count). The van der Waals surface area contributed by atoms with Crippen molar-refractivity contribution < 1.29 is 4.79 Å². The fraction of sp³-hybridized carbons (Fsp3) is 0.500. The summed E-state index contributed by atoms with van der Waals surface area (Å²) in [6.07, 6.45) is 5.73. The molecule has 0 saturated heterocycles. The van der Waals surface area contributed by atoms with Crippen LogP contribution in [0.25, 0.3) is 10.9 Å². The van der Waals surface area contributed by atoms with Gasteiger partial charge in [0.25, 0.3) is 0 Å². The highest BCUT2D eigenvalue weighted by Gasteiger charge is 2.36. The van der Waals surface area contributed by atoms with Crippen molar-refractivity contribution in [1.29, 1.82) is 0 Å². The number of nitrogens with one attached hydrogen (secondary N) is 1. The third kappa shape index (κ3) is 3.41. The van der Waals surface area contributed by atoms with Gasteiger partial charge in [-0.25, -0.2) is 0 Å². The zero-order valence-corrected chi connectivity index (χ0v) is 14.0. The molecule has 0 bridgehead atoms. The second kappa shape index (κ2) is 6.34. The molecule has 0 radical (unpaired) electrons. The van der Waals surface area contributed by atoms with E-state index in [1.807, 2.05) is 12.1 Å². The number of nitrogens with two attached hydrogens (primary N) is 1. The Morgan fingerprint density at radius 2 is 2.04 bits per heavy atom. The predicted octanol–water partition coefficient (Wildman–Crippen LogP) is 2.41. The number of fused-ring (bicyclic) bond motifs is 1. The van der Waals surface area contributed by atoms with Crippen LogP contribution in [0.4, 0.5) is 5.69 Å². The van der Waals surface area contributed by atoms with Gasteiger partial charge in [0.2, 0.25) is 5.91 Å². The molecule has 2 aromatic rings. The number of hydrogen-bond acceptors (Lipinski definition) is 3. The zero-order valence-electron chi connectivity index (χ0n) is 14.0. The summed E-state index contributed by atoms with van der Waals surface area (Å²) in [7, 11) is 4.14. The summed E-state index contributed by atoms with van der Waals surface area (Å²) in [5.41, 5.74) is 7.50. The fourth-order valence-electron chi connectivity index (χ4n) is 3.25. The lowest BCUT2D eigenvalue weighted by Gasteiger charge is -2.22. The maximum atomic E-state index is 12.5. The molecule has 1 saturated carbocycles. The van der Waals surface area contributed by atoms with E-state index in [-0.39, 0.29) is 5.91 Å². The highest BCUT2D eigenvalue weighted by Crippen LogP contribution is 2.29. The van der Waals surface area contributed by atoms with Crippen molar-refractivity contribution in [1.82, 2.24) is 9.47 Å². The first-order valence-corrected chi connectivity index (χ1v) is 8.32. The maximum Gasteiger partial charge on any atom is 0.244 e. The average molecular weight is 314 g/mol. The Balaban J connectivity index is 1.79. The van der Waals surface area contributed by atoms with E-state index < -0.39 is 5.54 Å². The number of aromatic nitrogens is 1. The van der Waals surface area contributed by atoms with Gasteiger partial charge in [-0.3, -0.25) is 4.79 Å². The number of rotatable bonds is 5. The molecule has 3 N–H and O–H groups in total. The Kier molecular flexibility index (Phi) is 4.41. The lowest BCUT2D eigenvalue weighted by molar-refractivity contribution is -0.121. The molecule has 0 unspecified atom stereocenters. The lowest BCUT2D eigenvalue weighted by atomic mass is 9.98. The lowest BCUT2D eigenvalue weighted by Crippen LogP contribution is -2.48. The molecule has 0 atom stereocenters. The SMILES string of the molecule is CN(C)CCn1ccc2ccc(NC(=O)C3(N)CCCC3)cc21. The Hall–Kier alpha value is -1.85. The summed E-state index contributed by atoms with van der Waals surface area (Å²) in [5, 5.41) is 4.20. The largest absolute Gasteiger partial charge is 0.346 e. The monoisotopic (exact) mass is 314 g/mol. The fourth-order valence-corrected chi connectivity index (χ4v) is 3.25. The second-order valence-electron chi connectivity index (χ2n) is 6.90. The van der Waals surface area contributed by atoms with E-state index in [4.69, 9.17) is 5.73 Å². The highest BCUT2D eigenvalue weighted by molar-refractivity contribution is 5.99. The summed E-state index contributed by atoms with van der Waals surface area (Å²) < 4.78 is 2.22. The molecule has 0 aliphatic heterocycles.